The average Bonchev–Trinajstić information content (AvgIpc) is 2.61. The second kappa shape index (κ2) is 6.32. The summed E-state index contributed by atoms with van der Waals surface area (Å²) in [6, 6.07) is 16.6. The molecule has 0 aliphatic carbocycles. The summed E-state index contributed by atoms with van der Waals surface area (Å²) in [7, 11) is 2.21. The van der Waals surface area contributed by atoms with Crippen LogP contribution in [0.4, 0.5) is 0 Å². The van der Waals surface area contributed by atoms with Crippen molar-refractivity contribution in [3.8, 4) is 0 Å². The zero-order chi connectivity index (χ0) is 16.7. The van der Waals surface area contributed by atoms with Crippen LogP contribution in [-0.4, -0.2) is 36.5 Å². The number of aryl methyl sites for hydroxylation is 1. The van der Waals surface area contributed by atoms with E-state index in [1.807, 2.05) is 0 Å². The third-order valence-electron chi connectivity index (χ3n) is 5.78. The van der Waals surface area contributed by atoms with Crippen LogP contribution in [0.5, 0.6) is 0 Å². The number of hydrogen-bond acceptors (Lipinski definition) is 3. The van der Waals surface area contributed by atoms with Crippen molar-refractivity contribution in [2.75, 3.05) is 26.7 Å². The maximum Gasteiger partial charge on any atom is 0.0482 e. The summed E-state index contributed by atoms with van der Waals surface area (Å²) in [5.74, 6) is 0. The highest BCUT2D eigenvalue weighted by molar-refractivity contribution is 5.39. The van der Waals surface area contributed by atoms with Crippen LogP contribution in [0.25, 0.3) is 0 Å². The van der Waals surface area contributed by atoms with Crippen LogP contribution in [-0.2, 0) is 13.0 Å². The van der Waals surface area contributed by atoms with Gasteiger partial charge >= 0.3 is 0 Å². The molecule has 2 unspecified atom stereocenters. The van der Waals surface area contributed by atoms with Gasteiger partial charge in [-0.1, -0.05) is 48.0 Å². The molecule has 0 bridgehead atoms. The number of fused-ring (bicyclic) bond motifs is 2. The summed E-state index contributed by atoms with van der Waals surface area (Å²) in [6.07, 6.45) is 1.15. The number of rotatable bonds is 2. The Morgan fingerprint density at radius 2 is 1.88 bits per heavy atom. The molecule has 3 nitrogen and oxygen atoms in total. The van der Waals surface area contributed by atoms with Crippen molar-refractivity contribution in [1.29, 1.82) is 0 Å². The van der Waals surface area contributed by atoms with Crippen LogP contribution in [0.1, 0.15) is 39.9 Å². The van der Waals surface area contributed by atoms with Gasteiger partial charge < -0.3 is 5.73 Å². The number of nitrogens with two attached hydrogens (primary N) is 1. The molecular weight excluding hydrogens is 294 g/mol. The molecule has 0 saturated carbocycles. The fourth-order valence-corrected chi connectivity index (χ4v) is 4.42. The summed E-state index contributed by atoms with van der Waals surface area (Å²) in [5, 5.41) is 0. The highest BCUT2D eigenvalue weighted by atomic mass is 15.2. The quantitative estimate of drug-likeness (QED) is 0.923. The zero-order valence-electron chi connectivity index (χ0n) is 14.7. The summed E-state index contributed by atoms with van der Waals surface area (Å²) >= 11 is 0. The van der Waals surface area contributed by atoms with Crippen LogP contribution in [0.15, 0.2) is 42.5 Å². The topological polar surface area (TPSA) is 32.5 Å². The Morgan fingerprint density at radius 1 is 1.08 bits per heavy atom. The Bertz CT molecular complexity index is 740. The van der Waals surface area contributed by atoms with Gasteiger partial charge in [0.1, 0.15) is 0 Å². The van der Waals surface area contributed by atoms with Gasteiger partial charge in [-0.3, -0.25) is 9.80 Å². The van der Waals surface area contributed by atoms with Gasteiger partial charge in [0, 0.05) is 38.3 Å². The predicted octanol–water partition coefficient (Wildman–Crippen LogP) is 3.04. The molecule has 0 saturated heterocycles. The number of likely N-dealkylation sites (N-methyl/N-ethyl adjacent to an activating group) is 1. The van der Waals surface area contributed by atoms with Crippen molar-refractivity contribution in [3.05, 3.63) is 70.3 Å². The van der Waals surface area contributed by atoms with Crippen LogP contribution in [0.2, 0.25) is 0 Å². The van der Waals surface area contributed by atoms with E-state index in [2.05, 4.69) is 66.2 Å². The highest BCUT2D eigenvalue weighted by Gasteiger charge is 2.34. The first-order valence-corrected chi connectivity index (χ1v) is 8.99. The molecule has 2 aromatic rings. The Hall–Kier alpha value is -1.68. The molecule has 3 heteroatoms. The number of nitrogens with zero attached hydrogens (tertiary/aromatic N) is 2. The molecule has 2 atom stereocenters. The molecule has 2 aliphatic rings. The van der Waals surface area contributed by atoms with Crippen LogP contribution in [0.3, 0.4) is 0 Å². The molecule has 2 N–H and O–H groups in total. The molecule has 2 aliphatic heterocycles. The average molecular weight is 321 g/mol. The Labute approximate surface area is 145 Å². The first-order valence-electron chi connectivity index (χ1n) is 8.99. The Morgan fingerprint density at radius 3 is 2.67 bits per heavy atom. The minimum Gasteiger partial charge on any atom is -0.329 e. The zero-order valence-corrected chi connectivity index (χ0v) is 14.7. The van der Waals surface area contributed by atoms with E-state index >= 15 is 0 Å². The molecule has 0 amide bonds. The normalized spacial score (nSPS) is 24.5. The maximum absolute atomic E-state index is 6.08. The van der Waals surface area contributed by atoms with Gasteiger partial charge in [0.2, 0.25) is 0 Å². The monoisotopic (exact) mass is 321 g/mol. The van der Waals surface area contributed by atoms with Crippen molar-refractivity contribution in [2.24, 2.45) is 5.73 Å². The van der Waals surface area contributed by atoms with Gasteiger partial charge in [-0.15, -0.1) is 0 Å². The van der Waals surface area contributed by atoms with Crippen LogP contribution < -0.4 is 5.73 Å². The molecule has 2 aromatic carbocycles. The molecule has 0 spiro atoms. The smallest absolute Gasteiger partial charge is 0.0482 e. The third kappa shape index (κ3) is 2.67. The molecule has 126 valence electrons. The first-order chi connectivity index (χ1) is 11.7. The second-order valence-electron chi connectivity index (χ2n) is 7.33. The van der Waals surface area contributed by atoms with E-state index in [0.29, 0.717) is 18.6 Å². The van der Waals surface area contributed by atoms with E-state index in [4.69, 9.17) is 5.73 Å². The predicted molar refractivity (Wildman–Crippen MR) is 98.9 cm³/mol. The standard InChI is InChI=1S/C21H27N3/c1-15-7-8-18-19(11-15)21(14-23(2)20(18)12-22)24-10-9-16-5-3-4-6-17(16)13-24/h3-8,11,20-21H,9-10,12-14,22H2,1-2H3. The maximum atomic E-state index is 6.08. The molecule has 0 aromatic heterocycles. The van der Waals surface area contributed by atoms with Gasteiger partial charge in [-0.2, -0.15) is 0 Å². The molecule has 0 radical (unpaired) electrons. The Kier molecular flexibility index (Phi) is 4.17. The first kappa shape index (κ1) is 15.8. The SMILES string of the molecule is Cc1ccc2c(c1)C(N1CCc3ccccc3C1)CN(C)C2CN. The lowest BCUT2D eigenvalue weighted by Gasteiger charge is -2.45. The van der Waals surface area contributed by atoms with Gasteiger partial charge in [-0.05, 0) is 42.6 Å². The van der Waals surface area contributed by atoms with E-state index in [1.165, 1.54) is 27.8 Å². The molecular formula is C21H27N3. The molecule has 4 rings (SSSR count). The van der Waals surface area contributed by atoms with E-state index in [0.717, 1.165) is 26.1 Å². The molecule has 2 heterocycles. The van der Waals surface area contributed by atoms with E-state index in [1.54, 1.807) is 0 Å². The van der Waals surface area contributed by atoms with E-state index in [9.17, 15) is 0 Å². The number of benzene rings is 2. The molecule has 0 fully saturated rings. The lowest BCUT2D eigenvalue weighted by molar-refractivity contribution is 0.101. The molecule has 24 heavy (non-hydrogen) atoms. The van der Waals surface area contributed by atoms with Crippen molar-refractivity contribution in [2.45, 2.75) is 32.0 Å². The minimum absolute atomic E-state index is 0.342. The lowest BCUT2D eigenvalue weighted by atomic mass is 9.86. The minimum atomic E-state index is 0.342. The van der Waals surface area contributed by atoms with Gasteiger partial charge in [0.05, 0.1) is 0 Å². The fourth-order valence-electron chi connectivity index (χ4n) is 4.42. The summed E-state index contributed by atoms with van der Waals surface area (Å²) in [6.45, 7) is 6.12. The van der Waals surface area contributed by atoms with Crippen molar-refractivity contribution < 1.29 is 0 Å². The summed E-state index contributed by atoms with van der Waals surface area (Å²) in [5.41, 5.74) is 13.3. The largest absolute Gasteiger partial charge is 0.329 e. The van der Waals surface area contributed by atoms with Crippen molar-refractivity contribution in [3.63, 3.8) is 0 Å². The summed E-state index contributed by atoms with van der Waals surface area (Å²) < 4.78 is 0. The second-order valence-corrected chi connectivity index (χ2v) is 7.33. The van der Waals surface area contributed by atoms with Crippen LogP contribution >= 0.6 is 0 Å². The van der Waals surface area contributed by atoms with Gasteiger partial charge in [0.15, 0.2) is 0 Å². The third-order valence-corrected chi connectivity index (χ3v) is 5.78. The Balaban J connectivity index is 1.70. The highest BCUT2D eigenvalue weighted by Crippen LogP contribution is 2.38. The van der Waals surface area contributed by atoms with Crippen molar-refractivity contribution >= 4 is 0 Å². The lowest BCUT2D eigenvalue weighted by Crippen LogP contribution is -2.46. The van der Waals surface area contributed by atoms with E-state index in [-0.39, 0.29) is 0 Å². The van der Waals surface area contributed by atoms with Crippen molar-refractivity contribution in [1.82, 2.24) is 9.80 Å². The number of hydrogen-bond donors (Lipinski definition) is 1. The summed E-state index contributed by atoms with van der Waals surface area (Å²) in [4.78, 5) is 5.09. The van der Waals surface area contributed by atoms with E-state index < -0.39 is 0 Å². The fraction of sp³-hybridized carbons (Fsp3) is 0.429. The van der Waals surface area contributed by atoms with Crippen LogP contribution in [0, 0.1) is 6.92 Å². The van der Waals surface area contributed by atoms with Gasteiger partial charge in [0.25, 0.3) is 0 Å². The van der Waals surface area contributed by atoms with Gasteiger partial charge in [-0.25, -0.2) is 0 Å².